The smallest absolute Gasteiger partial charge is 0.226 e. The van der Waals surface area contributed by atoms with Crippen molar-refractivity contribution in [3.8, 4) is 17.0 Å². The first kappa shape index (κ1) is 17.9. The van der Waals surface area contributed by atoms with Crippen LogP contribution in [0.15, 0.2) is 29.6 Å². The SMILES string of the molecule is CC(C)Oc1ccc(-c2csc(NC(=O)CCC3CCNC3)n2)cc1. The minimum atomic E-state index is 0.0495. The third-order valence-corrected chi connectivity index (χ3v) is 4.97. The first-order valence-corrected chi connectivity index (χ1v) is 9.71. The minimum Gasteiger partial charge on any atom is -0.491 e. The summed E-state index contributed by atoms with van der Waals surface area (Å²) in [6.07, 6.45) is 2.83. The molecule has 2 N–H and O–H groups in total. The molecule has 2 heterocycles. The van der Waals surface area contributed by atoms with Gasteiger partial charge < -0.3 is 15.4 Å². The highest BCUT2D eigenvalue weighted by Gasteiger charge is 2.16. The van der Waals surface area contributed by atoms with E-state index in [1.807, 2.05) is 43.5 Å². The maximum absolute atomic E-state index is 12.1. The second-order valence-corrected chi connectivity index (χ2v) is 7.53. The molecule has 1 aliphatic rings. The van der Waals surface area contributed by atoms with Crippen LogP contribution in [0, 0.1) is 5.92 Å². The van der Waals surface area contributed by atoms with Gasteiger partial charge in [0.15, 0.2) is 5.13 Å². The van der Waals surface area contributed by atoms with E-state index in [9.17, 15) is 4.79 Å². The van der Waals surface area contributed by atoms with Gasteiger partial charge in [-0.25, -0.2) is 4.98 Å². The first-order valence-electron chi connectivity index (χ1n) is 8.83. The number of hydrogen-bond acceptors (Lipinski definition) is 5. The molecule has 1 atom stereocenters. The average molecular weight is 359 g/mol. The highest BCUT2D eigenvalue weighted by atomic mass is 32.1. The quantitative estimate of drug-likeness (QED) is 0.786. The number of hydrogen-bond donors (Lipinski definition) is 2. The molecule has 1 unspecified atom stereocenters. The maximum Gasteiger partial charge on any atom is 0.226 e. The van der Waals surface area contributed by atoms with Crippen molar-refractivity contribution in [2.24, 2.45) is 5.92 Å². The van der Waals surface area contributed by atoms with E-state index in [4.69, 9.17) is 4.74 Å². The van der Waals surface area contributed by atoms with Gasteiger partial charge in [-0.05, 0) is 70.0 Å². The van der Waals surface area contributed by atoms with Crippen LogP contribution in [-0.2, 0) is 4.79 Å². The number of ether oxygens (including phenoxy) is 1. The van der Waals surface area contributed by atoms with Crippen LogP contribution in [0.2, 0.25) is 0 Å². The highest BCUT2D eigenvalue weighted by Crippen LogP contribution is 2.27. The molecule has 1 saturated heterocycles. The molecular formula is C19H25N3O2S. The van der Waals surface area contributed by atoms with Crippen molar-refractivity contribution < 1.29 is 9.53 Å². The predicted molar refractivity (Wildman–Crippen MR) is 102 cm³/mol. The Morgan fingerprint density at radius 1 is 1.40 bits per heavy atom. The van der Waals surface area contributed by atoms with Crippen molar-refractivity contribution in [3.63, 3.8) is 0 Å². The Kier molecular flexibility index (Phi) is 6.04. The summed E-state index contributed by atoms with van der Waals surface area (Å²) >= 11 is 1.46. The van der Waals surface area contributed by atoms with Crippen LogP contribution >= 0.6 is 11.3 Å². The summed E-state index contributed by atoms with van der Waals surface area (Å²) in [6.45, 7) is 6.12. The predicted octanol–water partition coefficient (Wildman–Crippen LogP) is 3.93. The summed E-state index contributed by atoms with van der Waals surface area (Å²) in [6, 6.07) is 7.88. The normalized spacial score (nSPS) is 17.0. The molecule has 1 aromatic heterocycles. The van der Waals surface area contributed by atoms with Crippen LogP contribution in [0.3, 0.4) is 0 Å². The highest BCUT2D eigenvalue weighted by molar-refractivity contribution is 7.14. The number of aromatic nitrogens is 1. The summed E-state index contributed by atoms with van der Waals surface area (Å²) < 4.78 is 5.65. The fourth-order valence-corrected chi connectivity index (χ4v) is 3.65. The van der Waals surface area contributed by atoms with Gasteiger partial charge in [-0.15, -0.1) is 11.3 Å². The van der Waals surface area contributed by atoms with Gasteiger partial charge in [0.05, 0.1) is 11.8 Å². The zero-order valence-electron chi connectivity index (χ0n) is 14.7. The molecule has 0 saturated carbocycles. The van der Waals surface area contributed by atoms with Gasteiger partial charge in [0, 0.05) is 17.4 Å². The van der Waals surface area contributed by atoms with Crippen molar-refractivity contribution in [2.45, 2.75) is 39.2 Å². The van der Waals surface area contributed by atoms with Crippen LogP contribution in [0.25, 0.3) is 11.3 Å². The lowest BCUT2D eigenvalue weighted by Crippen LogP contribution is -2.14. The van der Waals surface area contributed by atoms with Crippen LogP contribution in [0.5, 0.6) is 5.75 Å². The van der Waals surface area contributed by atoms with Crippen molar-refractivity contribution in [1.82, 2.24) is 10.3 Å². The van der Waals surface area contributed by atoms with Gasteiger partial charge >= 0.3 is 0 Å². The van der Waals surface area contributed by atoms with Gasteiger partial charge in [-0.2, -0.15) is 0 Å². The third kappa shape index (κ3) is 5.28. The zero-order valence-corrected chi connectivity index (χ0v) is 15.6. The Hall–Kier alpha value is -1.92. The Morgan fingerprint density at radius 2 is 2.20 bits per heavy atom. The molecule has 0 radical (unpaired) electrons. The molecule has 134 valence electrons. The van der Waals surface area contributed by atoms with Crippen LogP contribution in [0.4, 0.5) is 5.13 Å². The summed E-state index contributed by atoms with van der Waals surface area (Å²) in [5.41, 5.74) is 1.89. The van der Waals surface area contributed by atoms with Gasteiger partial charge in [0.1, 0.15) is 5.75 Å². The van der Waals surface area contributed by atoms with E-state index in [0.717, 1.165) is 36.5 Å². The molecule has 0 spiro atoms. The van der Waals surface area contributed by atoms with E-state index in [0.29, 0.717) is 17.5 Å². The van der Waals surface area contributed by atoms with Gasteiger partial charge in [0.2, 0.25) is 5.91 Å². The summed E-state index contributed by atoms with van der Waals surface area (Å²) in [7, 11) is 0. The van der Waals surface area contributed by atoms with Gasteiger partial charge in [-0.1, -0.05) is 0 Å². The van der Waals surface area contributed by atoms with E-state index in [1.165, 1.54) is 17.8 Å². The van der Waals surface area contributed by atoms with Gasteiger partial charge in [-0.3, -0.25) is 4.79 Å². The molecule has 25 heavy (non-hydrogen) atoms. The summed E-state index contributed by atoms with van der Waals surface area (Å²) in [5, 5.41) is 8.87. The minimum absolute atomic E-state index is 0.0495. The first-order chi connectivity index (χ1) is 12.1. The second-order valence-electron chi connectivity index (χ2n) is 6.67. The lowest BCUT2D eigenvalue weighted by atomic mass is 10.0. The van der Waals surface area contributed by atoms with Crippen molar-refractivity contribution in [2.75, 3.05) is 18.4 Å². The number of carbonyl (C=O) groups is 1. The van der Waals surface area contributed by atoms with E-state index in [2.05, 4.69) is 15.6 Å². The molecular weight excluding hydrogens is 334 g/mol. The van der Waals surface area contributed by atoms with E-state index in [1.54, 1.807) is 0 Å². The monoisotopic (exact) mass is 359 g/mol. The van der Waals surface area contributed by atoms with Crippen molar-refractivity contribution in [3.05, 3.63) is 29.6 Å². The fraction of sp³-hybridized carbons (Fsp3) is 0.474. The third-order valence-electron chi connectivity index (χ3n) is 4.21. The molecule has 1 amide bonds. The largest absolute Gasteiger partial charge is 0.491 e. The Labute approximate surface area is 152 Å². The number of benzene rings is 1. The lowest BCUT2D eigenvalue weighted by Gasteiger charge is -2.09. The topological polar surface area (TPSA) is 63.2 Å². The second kappa shape index (κ2) is 8.45. The van der Waals surface area contributed by atoms with E-state index >= 15 is 0 Å². The molecule has 1 aliphatic heterocycles. The molecule has 6 heteroatoms. The van der Waals surface area contributed by atoms with Crippen LogP contribution < -0.4 is 15.4 Å². The van der Waals surface area contributed by atoms with E-state index < -0.39 is 0 Å². The van der Waals surface area contributed by atoms with Crippen molar-refractivity contribution in [1.29, 1.82) is 0 Å². The van der Waals surface area contributed by atoms with Crippen molar-refractivity contribution >= 4 is 22.4 Å². The molecule has 2 aromatic rings. The fourth-order valence-electron chi connectivity index (χ4n) is 2.92. The number of amides is 1. The van der Waals surface area contributed by atoms with Gasteiger partial charge in [0.25, 0.3) is 0 Å². The Morgan fingerprint density at radius 3 is 2.88 bits per heavy atom. The van der Waals surface area contributed by atoms with Crippen LogP contribution in [0.1, 0.15) is 33.1 Å². The molecule has 0 bridgehead atoms. The summed E-state index contributed by atoms with van der Waals surface area (Å²) in [4.78, 5) is 16.6. The van der Waals surface area contributed by atoms with Crippen LogP contribution in [-0.4, -0.2) is 30.1 Å². The molecule has 1 aromatic carbocycles. The molecule has 5 nitrogen and oxygen atoms in total. The lowest BCUT2D eigenvalue weighted by molar-refractivity contribution is -0.116. The number of anilines is 1. The number of rotatable bonds is 7. The van der Waals surface area contributed by atoms with E-state index in [-0.39, 0.29) is 12.0 Å². The number of nitrogens with zero attached hydrogens (tertiary/aromatic N) is 1. The Bertz CT molecular complexity index is 691. The number of thiazole rings is 1. The summed E-state index contributed by atoms with van der Waals surface area (Å²) in [5.74, 6) is 1.53. The zero-order chi connectivity index (χ0) is 17.6. The maximum atomic E-state index is 12.1. The number of carbonyl (C=O) groups excluding carboxylic acids is 1. The molecule has 0 aliphatic carbocycles. The molecule has 1 fully saturated rings. The Balaban J connectivity index is 1.53. The number of nitrogens with one attached hydrogen (secondary N) is 2. The molecule has 3 rings (SSSR count). The average Bonchev–Trinajstić information content (AvgIpc) is 3.25. The standard InChI is InChI=1S/C19H25N3O2S/c1-13(2)24-16-6-4-15(5-7-16)17-12-25-19(21-17)22-18(23)8-3-14-9-10-20-11-14/h4-7,12-14,20H,3,8-11H2,1-2H3,(H,21,22,23).